The van der Waals surface area contributed by atoms with Crippen LogP contribution in [-0.2, 0) is 16.1 Å². The molecule has 0 aromatic heterocycles. The molecule has 15 heavy (non-hydrogen) atoms. The molecular weight excluding hydrogens is 192 g/mol. The first-order valence-corrected chi connectivity index (χ1v) is 4.71. The van der Waals surface area contributed by atoms with E-state index < -0.39 is 0 Å². The van der Waals surface area contributed by atoms with Gasteiger partial charge in [0, 0.05) is 12.0 Å². The lowest BCUT2D eigenvalue weighted by Gasteiger charge is -1.96. The molecule has 0 bridgehead atoms. The van der Waals surface area contributed by atoms with Crippen molar-refractivity contribution < 1.29 is 14.3 Å². The van der Waals surface area contributed by atoms with Crippen LogP contribution in [0.4, 0.5) is 0 Å². The van der Waals surface area contributed by atoms with Gasteiger partial charge in [0.05, 0.1) is 5.56 Å². The van der Waals surface area contributed by atoms with Crippen LogP contribution < -0.4 is 0 Å². The highest BCUT2D eigenvalue weighted by Gasteiger charge is 2.20. The summed E-state index contributed by atoms with van der Waals surface area (Å²) in [7, 11) is 0. The SMILES string of the molecule is O=CCC=Cc1ccc2c(c1)C(=O)OC2. The molecule has 76 valence electrons. The van der Waals surface area contributed by atoms with Crippen LogP contribution in [-0.4, -0.2) is 12.3 Å². The zero-order chi connectivity index (χ0) is 10.7. The topological polar surface area (TPSA) is 43.4 Å². The standard InChI is InChI=1S/C12H10O3/c13-6-2-1-3-9-4-5-10-8-15-12(14)11(10)7-9/h1,3-7H,2,8H2. The van der Waals surface area contributed by atoms with E-state index in [1.807, 2.05) is 18.2 Å². The van der Waals surface area contributed by atoms with Crippen LogP contribution in [0.3, 0.4) is 0 Å². The van der Waals surface area contributed by atoms with Crippen LogP contribution in [0, 0.1) is 0 Å². The molecule has 1 aromatic rings. The second kappa shape index (κ2) is 4.09. The first-order valence-electron chi connectivity index (χ1n) is 4.71. The van der Waals surface area contributed by atoms with E-state index >= 15 is 0 Å². The van der Waals surface area contributed by atoms with Crippen molar-refractivity contribution in [1.29, 1.82) is 0 Å². The van der Waals surface area contributed by atoms with Crippen LogP contribution in [0.15, 0.2) is 24.3 Å². The van der Waals surface area contributed by atoms with E-state index in [1.165, 1.54) is 0 Å². The van der Waals surface area contributed by atoms with E-state index in [4.69, 9.17) is 4.74 Å². The van der Waals surface area contributed by atoms with Crippen LogP contribution in [0.5, 0.6) is 0 Å². The molecular formula is C12H10O3. The highest BCUT2D eigenvalue weighted by atomic mass is 16.5. The number of ether oxygens (including phenoxy) is 1. The van der Waals surface area contributed by atoms with Crippen LogP contribution in [0.25, 0.3) is 6.08 Å². The van der Waals surface area contributed by atoms with Crippen LogP contribution in [0.1, 0.15) is 27.9 Å². The molecule has 0 aliphatic carbocycles. The van der Waals surface area contributed by atoms with E-state index in [0.29, 0.717) is 18.6 Å². The molecule has 0 spiro atoms. The van der Waals surface area contributed by atoms with Crippen molar-refractivity contribution in [3.63, 3.8) is 0 Å². The Morgan fingerprint density at radius 1 is 1.40 bits per heavy atom. The van der Waals surface area contributed by atoms with Crippen molar-refractivity contribution >= 4 is 18.3 Å². The third kappa shape index (κ3) is 1.96. The van der Waals surface area contributed by atoms with Gasteiger partial charge in [-0.3, -0.25) is 0 Å². The number of allylic oxidation sites excluding steroid dienone is 1. The van der Waals surface area contributed by atoms with Gasteiger partial charge in [-0.1, -0.05) is 24.3 Å². The lowest BCUT2D eigenvalue weighted by atomic mass is 10.1. The van der Waals surface area contributed by atoms with Crippen molar-refractivity contribution in [1.82, 2.24) is 0 Å². The second-order valence-electron chi connectivity index (χ2n) is 3.30. The number of cyclic esters (lactones) is 1. The Kier molecular flexibility index (Phi) is 2.63. The van der Waals surface area contributed by atoms with Crippen LogP contribution >= 0.6 is 0 Å². The van der Waals surface area contributed by atoms with E-state index in [1.54, 1.807) is 12.1 Å². The minimum absolute atomic E-state index is 0.268. The molecule has 0 unspecified atom stereocenters. The van der Waals surface area contributed by atoms with E-state index in [-0.39, 0.29) is 5.97 Å². The van der Waals surface area contributed by atoms with Crippen molar-refractivity contribution in [3.05, 3.63) is 41.0 Å². The lowest BCUT2D eigenvalue weighted by molar-refractivity contribution is -0.107. The lowest BCUT2D eigenvalue weighted by Crippen LogP contribution is -1.93. The number of carbonyl (C=O) groups excluding carboxylic acids is 2. The Balaban J connectivity index is 2.25. The molecule has 3 heteroatoms. The molecule has 1 aromatic carbocycles. The zero-order valence-corrected chi connectivity index (χ0v) is 8.10. The maximum atomic E-state index is 11.2. The molecule has 0 N–H and O–H groups in total. The summed E-state index contributed by atoms with van der Waals surface area (Å²) in [4.78, 5) is 21.4. The summed E-state index contributed by atoms with van der Waals surface area (Å²) >= 11 is 0. The van der Waals surface area contributed by atoms with Gasteiger partial charge in [0.25, 0.3) is 0 Å². The smallest absolute Gasteiger partial charge is 0.338 e. The first-order chi connectivity index (χ1) is 7.31. The number of esters is 1. The minimum Gasteiger partial charge on any atom is -0.457 e. The van der Waals surface area contributed by atoms with Gasteiger partial charge in [-0.2, -0.15) is 0 Å². The Labute approximate surface area is 87.4 Å². The molecule has 0 atom stereocenters. The Bertz CT molecular complexity index is 432. The molecule has 0 saturated heterocycles. The van der Waals surface area contributed by atoms with Crippen molar-refractivity contribution in [2.75, 3.05) is 0 Å². The van der Waals surface area contributed by atoms with Crippen molar-refractivity contribution in [2.45, 2.75) is 13.0 Å². The Morgan fingerprint density at radius 3 is 3.07 bits per heavy atom. The van der Waals surface area contributed by atoms with Gasteiger partial charge in [0.15, 0.2) is 0 Å². The maximum absolute atomic E-state index is 11.2. The fourth-order valence-electron chi connectivity index (χ4n) is 1.49. The number of carbonyl (C=O) groups is 2. The number of fused-ring (bicyclic) bond motifs is 1. The van der Waals surface area contributed by atoms with Crippen LogP contribution in [0.2, 0.25) is 0 Å². The molecule has 0 saturated carbocycles. The van der Waals surface area contributed by atoms with Crippen molar-refractivity contribution in [3.8, 4) is 0 Å². The number of aldehydes is 1. The highest BCUT2D eigenvalue weighted by molar-refractivity contribution is 5.94. The molecule has 1 heterocycles. The fourth-order valence-corrected chi connectivity index (χ4v) is 1.49. The minimum atomic E-state index is -0.268. The number of benzene rings is 1. The van der Waals surface area contributed by atoms with Crippen molar-refractivity contribution in [2.24, 2.45) is 0 Å². The summed E-state index contributed by atoms with van der Waals surface area (Å²) < 4.78 is 4.88. The van der Waals surface area contributed by atoms with Gasteiger partial charge in [-0.05, 0) is 11.6 Å². The Hall–Kier alpha value is -1.90. The molecule has 1 aliphatic rings. The summed E-state index contributed by atoms with van der Waals surface area (Å²) in [5, 5.41) is 0. The number of rotatable bonds is 3. The third-order valence-electron chi connectivity index (χ3n) is 2.26. The maximum Gasteiger partial charge on any atom is 0.338 e. The molecule has 3 nitrogen and oxygen atoms in total. The first kappa shape index (κ1) is 9.65. The average molecular weight is 202 g/mol. The summed E-state index contributed by atoms with van der Waals surface area (Å²) in [5.41, 5.74) is 2.46. The number of hydrogen-bond acceptors (Lipinski definition) is 3. The summed E-state index contributed by atoms with van der Waals surface area (Å²) in [6.45, 7) is 0.368. The normalized spacial score (nSPS) is 14.0. The molecule has 1 aliphatic heterocycles. The van der Waals surface area contributed by atoms with Gasteiger partial charge in [-0.25, -0.2) is 4.79 Å². The van der Waals surface area contributed by atoms with Gasteiger partial charge < -0.3 is 9.53 Å². The van der Waals surface area contributed by atoms with Gasteiger partial charge in [0.2, 0.25) is 0 Å². The quantitative estimate of drug-likeness (QED) is 0.556. The van der Waals surface area contributed by atoms with Gasteiger partial charge in [0.1, 0.15) is 12.9 Å². The van der Waals surface area contributed by atoms with Gasteiger partial charge >= 0.3 is 5.97 Å². The molecule has 0 radical (unpaired) electrons. The highest BCUT2D eigenvalue weighted by Crippen LogP contribution is 2.21. The summed E-state index contributed by atoms with van der Waals surface area (Å²) in [6.07, 6.45) is 4.80. The van der Waals surface area contributed by atoms with E-state index in [2.05, 4.69) is 0 Å². The predicted octanol–water partition coefficient (Wildman–Crippen LogP) is 1.96. The fraction of sp³-hybridized carbons (Fsp3) is 0.167. The third-order valence-corrected chi connectivity index (χ3v) is 2.26. The zero-order valence-electron chi connectivity index (χ0n) is 8.10. The Morgan fingerprint density at radius 2 is 2.27 bits per heavy atom. The summed E-state index contributed by atoms with van der Waals surface area (Å²) in [6, 6.07) is 5.56. The predicted molar refractivity (Wildman–Crippen MR) is 55.3 cm³/mol. The number of hydrogen-bond donors (Lipinski definition) is 0. The second-order valence-corrected chi connectivity index (χ2v) is 3.30. The van der Waals surface area contributed by atoms with E-state index in [9.17, 15) is 9.59 Å². The van der Waals surface area contributed by atoms with E-state index in [0.717, 1.165) is 17.4 Å². The summed E-state index contributed by atoms with van der Waals surface area (Å²) in [5.74, 6) is -0.268. The van der Waals surface area contributed by atoms with Gasteiger partial charge in [-0.15, -0.1) is 0 Å². The molecule has 0 fully saturated rings. The largest absolute Gasteiger partial charge is 0.457 e. The molecule has 0 amide bonds. The monoisotopic (exact) mass is 202 g/mol. The average Bonchev–Trinajstić information content (AvgIpc) is 2.61. The molecule has 2 rings (SSSR count).